The summed E-state index contributed by atoms with van der Waals surface area (Å²) in [5.74, 6) is 6.39. The lowest BCUT2D eigenvalue weighted by Crippen LogP contribution is -2.28. The van der Waals surface area contributed by atoms with Gasteiger partial charge >= 0.3 is 0 Å². The Labute approximate surface area is 117 Å². The molecule has 1 aromatic heterocycles. The highest BCUT2D eigenvalue weighted by Gasteiger charge is 2.19. The molecule has 0 saturated heterocycles. The summed E-state index contributed by atoms with van der Waals surface area (Å²) in [6.45, 7) is 2.04. The van der Waals surface area contributed by atoms with Gasteiger partial charge in [0, 0.05) is 4.47 Å². The maximum Gasteiger partial charge on any atom is 0.140 e. The maximum absolute atomic E-state index is 5.62. The van der Waals surface area contributed by atoms with Gasteiger partial charge in [0.05, 0.1) is 10.7 Å². The first-order valence-corrected chi connectivity index (χ1v) is 6.66. The molecule has 1 heterocycles. The summed E-state index contributed by atoms with van der Waals surface area (Å²) >= 11 is 6.92. The van der Waals surface area contributed by atoms with Crippen LogP contribution in [0.1, 0.15) is 22.9 Å². The molecule has 90 valence electrons. The molecule has 0 fully saturated rings. The highest BCUT2D eigenvalue weighted by molar-refractivity contribution is 9.10. The summed E-state index contributed by atoms with van der Waals surface area (Å²) in [6.07, 6.45) is 1.63. The van der Waals surface area contributed by atoms with Crippen molar-refractivity contribution in [2.45, 2.75) is 13.0 Å². The number of halogens is 2. The summed E-state index contributed by atoms with van der Waals surface area (Å²) in [6, 6.07) is 7.82. The molecule has 5 heteroatoms. The third kappa shape index (κ3) is 2.80. The average Bonchev–Trinajstić information content (AvgIpc) is 2.65. The highest BCUT2D eigenvalue weighted by atomic mass is 79.9. The Kier molecular flexibility index (Phi) is 4.04. The van der Waals surface area contributed by atoms with E-state index in [1.807, 2.05) is 25.1 Å². The van der Waals surface area contributed by atoms with Gasteiger partial charge in [-0.1, -0.05) is 22.0 Å². The van der Waals surface area contributed by atoms with Crippen LogP contribution in [0.3, 0.4) is 0 Å². The van der Waals surface area contributed by atoms with Gasteiger partial charge in [-0.05, 0) is 52.2 Å². The first-order chi connectivity index (χ1) is 8.11. The van der Waals surface area contributed by atoms with Crippen molar-refractivity contribution in [1.82, 2.24) is 5.43 Å². The van der Waals surface area contributed by atoms with Crippen molar-refractivity contribution in [3.05, 3.63) is 56.4 Å². The fourth-order valence-electron chi connectivity index (χ4n) is 1.77. The second-order valence-corrected chi connectivity index (χ2v) is 5.56. The Morgan fingerprint density at radius 3 is 2.59 bits per heavy atom. The van der Waals surface area contributed by atoms with Crippen LogP contribution in [0, 0.1) is 6.92 Å². The predicted octanol–water partition coefficient (Wildman–Crippen LogP) is 3.67. The molecule has 17 heavy (non-hydrogen) atoms. The van der Waals surface area contributed by atoms with Crippen LogP contribution < -0.4 is 11.3 Å². The van der Waals surface area contributed by atoms with E-state index in [1.54, 1.807) is 6.26 Å². The normalized spacial score (nSPS) is 12.7. The minimum absolute atomic E-state index is 0.171. The predicted molar refractivity (Wildman–Crippen MR) is 74.5 cm³/mol. The second-order valence-electron chi connectivity index (χ2n) is 3.79. The first kappa shape index (κ1) is 12.8. The van der Waals surface area contributed by atoms with Crippen LogP contribution >= 0.6 is 31.9 Å². The van der Waals surface area contributed by atoms with Crippen molar-refractivity contribution < 1.29 is 4.42 Å². The Bertz CT molecular complexity index is 505. The van der Waals surface area contributed by atoms with Gasteiger partial charge in [0.2, 0.25) is 0 Å². The van der Waals surface area contributed by atoms with Crippen LogP contribution in [0.15, 0.2) is 43.9 Å². The SMILES string of the molecule is Cc1cc(Br)cc(C(NN)c2occc2Br)c1. The maximum atomic E-state index is 5.62. The monoisotopic (exact) mass is 358 g/mol. The first-order valence-electron chi connectivity index (χ1n) is 5.08. The van der Waals surface area contributed by atoms with Crippen LogP contribution in [0.5, 0.6) is 0 Å². The lowest BCUT2D eigenvalue weighted by molar-refractivity contribution is 0.449. The highest BCUT2D eigenvalue weighted by Crippen LogP contribution is 2.30. The minimum Gasteiger partial charge on any atom is -0.466 e. The molecule has 1 atom stereocenters. The molecular weight excluding hydrogens is 348 g/mol. The molecule has 0 bridgehead atoms. The standard InChI is InChI=1S/C12H12Br2N2O/c1-7-4-8(6-9(13)5-7)11(16-15)12-10(14)2-3-17-12/h2-6,11,16H,15H2,1H3. The van der Waals surface area contributed by atoms with E-state index in [1.165, 1.54) is 0 Å². The lowest BCUT2D eigenvalue weighted by Gasteiger charge is -2.15. The van der Waals surface area contributed by atoms with Gasteiger partial charge in [0.25, 0.3) is 0 Å². The van der Waals surface area contributed by atoms with E-state index in [-0.39, 0.29) is 6.04 Å². The summed E-state index contributed by atoms with van der Waals surface area (Å²) in [7, 11) is 0. The van der Waals surface area contributed by atoms with E-state index >= 15 is 0 Å². The third-order valence-corrected chi connectivity index (χ3v) is 3.58. The van der Waals surface area contributed by atoms with Crippen molar-refractivity contribution in [1.29, 1.82) is 0 Å². The number of hydrogen-bond donors (Lipinski definition) is 2. The van der Waals surface area contributed by atoms with Gasteiger partial charge in [0.1, 0.15) is 11.8 Å². The molecule has 0 aliphatic carbocycles. The number of furan rings is 1. The van der Waals surface area contributed by atoms with Crippen molar-refractivity contribution in [2.75, 3.05) is 0 Å². The van der Waals surface area contributed by atoms with Crippen molar-refractivity contribution in [3.8, 4) is 0 Å². The van der Waals surface area contributed by atoms with Crippen LogP contribution in [-0.4, -0.2) is 0 Å². The van der Waals surface area contributed by atoms with E-state index in [9.17, 15) is 0 Å². The molecule has 2 aromatic rings. The zero-order valence-electron chi connectivity index (χ0n) is 9.21. The molecule has 0 aliphatic rings. The quantitative estimate of drug-likeness (QED) is 0.649. The van der Waals surface area contributed by atoms with Crippen molar-refractivity contribution in [3.63, 3.8) is 0 Å². The molecule has 0 spiro atoms. The van der Waals surface area contributed by atoms with Crippen molar-refractivity contribution >= 4 is 31.9 Å². The van der Waals surface area contributed by atoms with Gasteiger partial charge in [-0.15, -0.1) is 0 Å². The number of benzene rings is 1. The molecular formula is C12H12Br2N2O. The van der Waals surface area contributed by atoms with Gasteiger partial charge in [-0.25, -0.2) is 5.43 Å². The lowest BCUT2D eigenvalue weighted by atomic mass is 10.0. The number of hydrogen-bond acceptors (Lipinski definition) is 3. The number of rotatable bonds is 3. The van der Waals surface area contributed by atoms with Crippen LogP contribution in [0.4, 0.5) is 0 Å². The average molecular weight is 360 g/mol. The smallest absolute Gasteiger partial charge is 0.140 e. The topological polar surface area (TPSA) is 51.2 Å². The molecule has 1 unspecified atom stereocenters. The van der Waals surface area contributed by atoms with Gasteiger partial charge in [-0.3, -0.25) is 5.84 Å². The molecule has 0 saturated carbocycles. The number of aryl methyl sites for hydroxylation is 1. The largest absolute Gasteiger partial charge is 0.466 e. The number of nitrogens with two attached hydrogens (primary N) is 1. The van der Waals surface area contributed by atoms with E-state index in [4.69, 9.17) is 10.3 Å². The Morgan fingerprint density at radius 1 is 1.29 bits per heavy atom. The Morgan fingerprint density at radius 2 is 2.06 bits per heavy atom. The minimum atomic E-state index is -0.171. The molecule has 3 N–H and O–H groups in total. The Balaban J connectivity index is 2.45. The zero-order chi connectivity index (χ0) is 12.4. The summed E-state index contributed by atoms with van der Waals surface area (Å²) in [5, 5.41) is 0. The number of hydrazine groups is 1. The Hall–Kier alpha value is -0.620. The fraction of sp³-hybridized carbons (Fsp3) is 0.167. The molecule has 3 nitrogen and oxygen atoms in total. The van der Waals surface area contributed by atoms with Gasteiger partial charge in [-0.2, -0.15) is 0 Å². The third-order valence-electron chi connectivity index (χ3n) is 2.47. The summed E-state index contributed by atoms with van der Waals surface area (Å²) in [4.78, 5) is 0. The molecule has 0 radical (unpaired) electrons. The van der Waals surface area contributed by atoms with Crippen molar-refractivity contribution in [2.24, 2.45) is 5.84 Å². The molecule has 0 aliphatic heterocycles. The molecule has 2 rings (SSSR count). The van der Waals surface area contributed by atoms with Crippen LogP contribution in [0.25, 0.3) is 0 Å². The van der Waals surface area contributed by atoms with E-state index in [0.717, 1.165) is 25.8 Å². The zero-order valence-corrected chi connectivity index (χ0v) is 12.4. The van der Waals surface area contributed by atoms with Crippen LogP contribution in [0.2, 0.25) is 0 Å². The van der Waals surface area contributed by atoms with Gasteiger partial charge in [0.15, 0.2) is 0 Å². The van der Waals surface area contributed by atoms with E-state index in [2.05, 4.69) is 43.4 Å². The summed E-state index contributed by atoms with van der Waals surface area (Å²) in [5.41, 5.74) is 4.99. The molecule has 1 aromatic carbocycles. The van der Waals surface area contributed by atoms with Gasteiger partial charge < -0.3 is 4.42 Å². The van der Waals surface area contributed by atoms with E-state index in [0.29, 0.717) is 0 Å². The summed E-state index contributed by atoms with van der Waals surface area (Å²) < 4.78 is 7.37. The van der Waals surface area contributed by atoms with E-state index < -0.39 is 0 Å². The molecule has 0 amide bonds. The van der Waals surface area contributed by atoms with Crippen LogP contribution in [-0.2, 0) is 0 Å². The second kappa shape index (κ2) is 5.35. The fourth-order valence-corrected chi connectivity index (χ4v) is 2.82. The number of nitrogens with one attached hydrogen (secondary N) is 1.